The zero-order valence-electron chi connectivity index (χ0n) is 14.5. The third-order valence-electron chi connectivity index (χ3n) is 4.46. The molecule has 0 bridgehead atoms. The predicted molar refractivity (Wildman–Crippen MR) is 87.3 cm³/mol. The number of ether oxygens (including phenoxy) is 1. The zero-order chi connectivity index (χ0) is 19.3. The van der Waals surface area contributed by atoms with Crippen molar-refractivity contribution >= 4 is 11.9 Å². The second-order valence-electron chi connectivity index (χ2n) is 6.49. The molecule has 0 saturated heterocycles. The van der Waals surface area contributed by atoms with Gasteiger partial charge in [0.2, 0.25) is 5.91 Å². The molecular weight excluding hydrogens is 351 g/mol. The van der Waals surface area contributed by atoms with E-state index in [-0.39, 0.29) is 24.7 Å². The SMILES string of the molecule is COC(=O)CCCCC1Cc2ccc(O)cc2CN(CC(F)(F)F)C1=O. The maximum Gasteiger partial charge on any atom is 0.406 e. The van der Waals surface area contributed by atoms with Gasteiger partial charge in [-0.15, -0.1) is 0 Å². The molecule has 0 spiro atoms. The molecule has 26 heavy (non-hydrogen) atoms. The van der Waals surface area contributed by atoms with Gasteiger partial charge in [-0.2, -0.15) is 13.2 Å². The quantitative estimate of drug-likeness (QED) is 0.614. The van der Waals surface area contributed by atoms with Gasteiger partial charge >= 0.3 is 12.1 Å². The van der Waals surface area contributed by atoms with Crippen molar-refractivity contribution in [3.05, 3.63) is 29.3 Å². The largest absolute Gasteiger partial charge is 0.508 e. The van der Waals surface area contributed by atoms with Gasteiger partial charge in [-0.05, 0) is 42.5 Å². The standard InChI is InChI=1S/C18H22F3NO4/c1-26-16(24)5-3-2-4-13-8-12-6-7-15(23)9-14(12)10-22(17(13)25)11-18(19,20)21/h6-7,9,13,23H,2-5,8,10-11H2,1H3. The number of hydrogen-bond donors (Lipinski definition) is 1. The Labute approximate surface area is 149 Å². The van der Waals surface area contributed by atoms with E-state index in [4.69, 9.17) is 0 Å². The minimum atomic E-state index is -4.49. The van der Waals surface area contributed by atoms with Crippen LogP contribution in [0.15, 0.2) is 18.2 Å². The Balaban J connectivity index is 2.14. The van der Waals surface area contributed by atoms with Crippen molar-refractivity contribution in [1.82, 2.24) is 4.90 Å². The molecular formula is C18H22F3NO4. The first kappa shape index (κ1) is 20.1. The molecule has 1 amide bonds. The third kappa shape index (κ3) is 5.64. The van der Waals surface area contributed by atoms with Crippen molar-refractivity contribution in [3.8, 4) is 5.75 Å². The van der Waals surface area contributed by atoms with Gasteiger partial charge in [-0.3, -0.25) is 9.59 Å². The lowest BCUT2D eigenvalue weighted by Crippen LogP contribution is -2.40. The molecule has 0 aliphatic carbocycles. The van der Waals surface area contributed by atoms with Crippen LogP contribution in [0.3, 0.4) is 0 Å². The van der Waals surface area contributed by atoms with Crippen LogP contribution in [0.1, 0.15) is 36.8 Å². The summed E-state index contributed by atoms with van der Waals surface area (Å²) in [5.41, 5.74) is 1.29. The van der Waals surface area contributed by atoms with E-state index >= 15 is 0 Å². The smallest absolute Gasteiger partial charge is 0.406 e. The maximum atomic E-state index is 12.9. The summed E-state index contributed by atoms with van der Waals surface area (Å²) in [6, 6.07) is 4.53. The number of phenolic OH excluding ortho intramolecular Hbond substituents is 1. The molecule has 1 heterocycles. The summed E-state index contributed by atoms with van der Waals surface area (Å²) < 4.78 is 43.2. The summed E-state index contributed by atoms with van der Waals surface area (Å²) in [4.78, 5) is 24.6. The van der Waals surface area contributed by atoms with E-state index in [9.17, 15) is 27.9 Å². The topological polar surface area (TPSA) is 66.8 Å². The third-order valence-corrected chi connectivity index (χ3v) is 4.46. The van der Waals surface area contributed by atoms with Gasteiger partial charge in [0.25, 0.3) is 0 Å². The Morgan fingerprint density at radius 1 is 1.31 bits per heavy atom. The second kappa shape index (κ2) is 8.42. The van der Waals surface area contributed by atoms with Crippen LogP contribution < -0.4 is 0 Å². The summed E-state index contributed by atoms with van der Waals surface area (Å²) >= 11 is 0. The Bertz CT molecular complexity index is 660. The van der Waals surface area contributed by atoms with Crippen LogP contribution in [0.4, 0.5) is 13.2 Å². The Hall–Kier alpha value is -2.25. The molecule has 0 aromatic heterocycles. The molecule has 1 aromatic rings. The molecule has 5 nitrogen and oxygen atoms in total. The lowest BCUT2D eigenvalue weighted by Gasteiger charge is -2.25. The number of methoxy groups -OCH3 is 1. The molecule has 1 aromatic carbocycles. The van der Waals surface area contributed by atoms with Crippen molar-refractivity contribution in [2.24, 2.45) is 5.92 Å². The predicted octanol–water partition coefficient (Wildman–Crippen LogP) is 3.19. The highest BCUT2D eigenvalue weighted by atomic mass is 19.4. The van der Waals surface area contributed by atoms with Crippen molar-refractivity contribution in [2.45, 2.75) is 44.8 Å². The molecule has 8 heteroatoms. The number of rotatable bonds is 6. The highest BCUT2D eigenvalue weighted by Gasteiger charge is 2.37. The number of nitrogens with zero attached hydrogens (tertiary/aromatic N) is 1. The molecule has 1 aliphatic rings. The van der Waals surface area contributed by atoms with Crippen LogP contribution in [-0.4, -0.2) is 41.7 Å². The van der Waals surface area contributed by atoms with Gasteiger partial charge < -0.3 is 14.7 Å². The number of phenols is 1. The van der Waals surface area contributed by atoms with Gasteiger partial charge in [0.05, 0.1) is 7.11 Å². The van der Waals surface area contributed by atoms with Crippen molar-refractivity contribution in [2.75, 3.05) is 13.7 Å². The first-order valence-electron chi connectivity index (χ1n) is 8.42. The van der Waals surface area contributed by atoms with Crippen LogP contribution >= 0.6 is 0 Å². The average Bonchev–Trinajstić information content (AvgIpc) is 2.67. The molecule has 1 aliphatic heterocycles. The van der Waals surface area contributed by atoms with E-state index < -0.39 is 24.5 Å². The second-order valence-corrected chi connectivity index (χ2v) is 6.49. The highest BCUT2D eigenvalue weighted by Crippen LogP contribution is 2.30. The van der Waals surface area contributed by atoms with Crippen LogP contribution in [0.2, 0.25) is 0 Å². The van der Waals surface area contributed by atoms with E-state index in [1.165, 1.54) is 19.2 Å². The van der Waals surface area contributed by atoms with Gasteiger partial charge in [-0.1, -0.05) is 12.5 Å². The molecule has 0 saturated carbocycles. The monoisotopic (exact) mass is 373 g/mol. The number of halogens is 3. The van der Waals surface area contributed by atoms with Crippen molar-refractivity contribution in [1.29, 1.82) is 0 Å². The first-order valence-corrected chi connectivity index (χ1v) is 8.42. The summed E-state index contributed by atoms with van der Waals surface area (Å²) in [6.45, 7) is -1.50. The number of carbonyl (C=O) groups excluding carboxylic acids is 2. The molecule has 0 radical (unpaired) electrons. The number of fused-ring (bicyclic) bond motifs is 1. The van der Waals surface area contributed by atoms with E-state index in [1.807, 2.05) is 0 Å². The van der Waals surface area contributed by atoms with E-state index in [2.05, 4.69) is 4.74 Å². The van der Waals surface area contributed by atoms with Crippen molar-refractivity contribution in [3.63, 3.8) is 0 Å². The number of esters is 1. The minimum Gasteiger partial charge on any atom is -0.508 e. The van der Waals surface area contributed by atoms with E-state index in [0.29, 0.717) is 31.2 Å². The van der Waals surface area contributed by atoms with E-state index in [0.717, 1.165) is 10.5 Å². The number of alkyl halides is 3. The van der Waals surface area contributed by atoms with Crippen LogP contribution in [-0.2, 0) is 27.3 Å². The van der Waals surface area contributed by atoms with Gasteiger partial charge in [0.15, 0.2) is 0 Å². The fraction of sp³-hybridized carbons (Fsp3) is 0.556. The van der Waals surface area contributed by atoms with Gasteiger partial charge in [0.1, 0.15) is 12.3 Å². The fourth-order valence-corrected chi connectivity index (χ4v) is 3.19. The Morgan fingerprint density at radius 3 is 2.69 bits per heavy atom. The zero-order valence-corrected chi connectivity index (χ0v) is 14.5. The summed E-state index contributed by atoms with van der Waals surface area (Å²) in [6.07, 6.45) is -2.51. The lowest BCUT2D eigenvalue weighted by atomic mass is 9.92. The number of benzene rings is 1. The maximum absolute atomic E-state index is 12.9. The minimum absolute atomic E-state index is 0.0420. The number of amides is 1. The lowest BCUT2D eigenvalue weighted by molar-refractivity contribution is -0.164. The number of unbranched alkanes of at least 4 members (excludes halogenated alkanes) is 1. The molecule has 1 N–H and O–H groups in total. The fourth-order valence-electron chi connectivity index (χ4n) is 3.19. The van der Waals surface area contributed by atoms with Gasteiger partial charge in [-0.25, -0.2) is 0 Å². The summed E-state index contributed by atoms with van der Waals surface area (Å²) in [7, 11) is 1.29. The van der Waals surface area contributed by atoms with Crippen LogP contribution in [0, 0.1) is 5.92 Å². The molecule has 1 atom stereocenters. The van der Waals surface area contributed by atoms with Crippen LogP contribution in [0.5, 0.6) is 5.75 Å². The molecule has 0 fully saturated rings. The van der Waals surface area contributed by atoms with E-state index in [1.54, 1.807) is 6.07 Å². The first-order chi connectivity index (χ1) is 12.2. The molecule has 1 unspecified atom stereocenters. The normalized spacial score (nSPS) is 17.6. The average molecular weight is 373 g/mol. The Morgan fingerprint density at radius 2 is 2.04 bits per heavy atom. The summed E-state index contributed by atoms with van der Waals surface area (Å²) in [5.74, 6) is -1.52. The van der Waals surface area contributed by atoms with Crippen molar-refractivity contribution < 1.29 is 32.6 Å². The Kier molecular flexibility index (Phi) is 6.50. The van der Waals surface area contributed by atoms with Crippen LogP contribution in [0.25, 0.3) is 0 Å². The number of aromatic hydroxyl groups is 1. The summed E-state index contributed by atoms with van der Waals surface area (Å²) in [5, 5.41) is 9.61. The molecule has 144 valence electrons. The van der Waals surface area contributed by atoms with Gasteiger partial charge in [0, 0.05) is 18.9 Å². The highest BCUT2D eigenvalue weighted by molar-refractivity contribution is 5.80. The molecule has 2 rings (SSSR count). The number of carbonyl (C=O) groups is 2. The number of hydrogen-bond acceptors (Lipinski definition) is 4.